The van der Waals surface area contributed by atoms with E-state index in [9.17, 15) is 9.18 Å². The fraction of sp³-hybridized carbons (Fsp3) is 0.300. The van der Waals surface area contributed by atoms with Crippen molar-refractivity contribution in [2.24, 2.45) is 0 Å². The molecule has 2 N–H and O–H groups in total. The van der Waals surface area contributed by atoms with Crippen LogP contribution in [0, 0.1) is 5.82 Å². The van der Waals surface area contributed by atoms with Crippen LogP contribution in [0.2, 0.25) is 0 Å². The Morgan fingerprint density at radius 2 is 2.00 bits per heavy atom. The number of likely N-dealkylation sites (N-methyl/N-ethyl adjacent to an activating group) is 2. The van der Waals surface area contributed by atoms with Gasteiger partial charge in [0.2, 0.25) is 5.91 Å². The van der Waals surface area contributed by atoms with Gasteiger partial charge in [0.1, 0.15) is 11.4 Å². The summed E-state index contributed by atoms with van der Waals surface area (Å²) in [5.41, 5.74) is 1.05. The zero-order chi connectivity index (χ0) is 20.1. The molecule has 0 bridgehead atoms. The number of anilines is 1. The number of ether oxygens (including phenoxy) is 1. The molecular weight excluding hydrogens is 361 g/mol. The Bertz CT molecular complexity index is 957. The molecule has 0 aliphatic carbocycles. The molecule has 8 heteroatoms. The number of benzene rings is 1. The third-order valence-electron chi connectivity index (χ3n) is 4.20. The Balaban J connectivity index is 1.62. The monoisotopic (exact) mass is 385 g/mol. The van der Waals surface area contributed by atoms with Crippen molar-refractivity contribution < 1.29 is 13.9 Å². The van der Waals surface area contributed by atoms with Gasteiger partial charge >= 0.3 is 0 Å². The maximum atomic E-state index is 14.5. The summed E-state index contributed by atoms with van der Waals surface area (Å²) in [7, 11) is 5.83. The van der Waals surface area contributed by atoms with E-state index in [1.54, 1.807) is 24.5 Å². The Kier molecular flexibility index (Phi) is 6.23. The van der Waals surface area contributed by atoms with Crippen molar-refractivity contribution >= 4 is 22.6 Å². The van der Waals surface area contributed by atoms with E-state index < -0.39 is 5.82 Å². The number of pyridine rings is 1. The van der Waals surface area contributed by atoms with Gasteiger partial charge in [-0.2, -0.15) is 0 Å². The third kappa shape index (κ3) is 5.05. The number of aromatic amines is 1. The molecule has 2 heterocycles. The first-order valence-corrected chi connectivity index (χ1v) is 8.95. The van der Waals surface area contributed by atoms with Crippen molar-refractivity contribution in [3.05, 3.63) is 48.5 Å². The van der Waals surface area contributed by atoms with Crippen molar-refractivity contribution in [2.45, 2.75) is 0 Å². The van der Waals surface area contributed by atoms with E-state index in [0.717, 1.165) is 18.5 Å². The summed E-state index contributed by atoms with van der Waals surface area (Å²) < 4.78 is 20.2. The number of nitrogens with one attached hydrogen (secondary N) is 2. The first-order valence-electron chi connectivity index (χ1n) is 8.95. The van der Waals surface area contributed by atoms with E-state index in [2.05, 4.69) is 15.3 Å². The zero-order valence-electron chi connectivity index (χ0n) is 16.2. The largest absolute Gasteiger partial charge is 0.453 e. The summed E-state index contributed by atoms with van der Waals surface area (Å²) in [6.45, 7) is 1.85. The van der Waals surface area contributed by atoms with Crippen LogP contribution in [0.3, 0.4) is 0 Å². The normalized spacial score (nSPS) is 11.4. The fourth-order valence-electron chi connectivity index (χ4n) is 2.70. The Morgan fingerprint density at radius 1 is 1.18 bits per heavy atom. The van der Waals surface area contributed by atoms with Crippen molar-refractivity contribution in [1.29, 1.82) is 0 Å². The summed E-state index contributed by atoms with van der Waals surface area (Å²) in [6, 6.07) is 7.86. The van der Waals surface area contributed by atoms with E-state index >= 15 is 0 Å². The van der Waals surface area contributed by atoms with Crippen LogP contribution < -0.4 is 10.1 Å². The van der Waals surface area contributed by atoms with Gasteiger partial charge in [0, 0.05) is 37.2 Å². The predicted octanol–water partition coefficient (Wildman–Crippen LogP) is 2.93. The summed E-state index contributed by atoms with van der Waals surface area (Å²) >= 11 is 0. The van der Waals surface area contributed by atoms with E-state index in [1.807, 2.05) is 37.0 Å². The zero-order valence-corrected chi connectivity index (χ0v) is 16.2. The molecule has 0 radical (unpaired) electrons. The molecule has 0 atom stereocenters. The summed E-state index contributed by atoms with van der Waals surface area (Å²) in [4.78, 5) is 23.3. The number of fused-ring (bicyclic) bond motifs is 1. The van der Waals surface area contributed by atoms with Gasteiger partial charge in [0.05, 0.1) is 11.9 Å². The first kappa shape index (κ1) is 19.8. The summed E-state index contributed by atoms with van der Waals surface area (Å²) in [6.07, 6.45) is 3.34. The molecule has 0 unspecified atom stereocenters. The lowest BCUT2D eigenvalue weighted by Crippen LogP contribution is -2.34. The Labute approximate surface area is 163 Å². The van der Waals surface area contributed by atoms with Crippen LogP contribution in [0.15, 0.2) is 42.7 Å². The molecule has 0 aliphatic rings. The number of hydrogen-bond donors (Lipinski definition) is 2. The lowest BCUT2D eigenvalue weighted by molar-refractivity contribution is -0.117. The molecule has 2 aromatic heterocycles. The topological polar surface area (TPSA) is 73.5 Å². The minimum absolute atomic E-state index is 0.0785. The standard InChI is InChI=1S/C20H24FN5O2/c1-25(2)10-11-26(3)13-19(27)24-14-4-5-18(16(21)12-14)28-17-7-9-23-20-15(17)6-8-22-20/h4-9,12H,10-11,13H2,1-3H3,(H,22,23)(H,24,27). The van der Waals surface area contributed by atoms with Crippen LogP contribution in [0.1, 0.15) is 0 Å². The number of rotatable bonds is 8. The molecule has 0 aliphatic heterocycles. The van der Waals surface area contributed by atoms with Crippen LogP contribution in [-0.2, 0) is 4.79 Å². The van der Waals surface area contributed by atoms with Gasteiger partial charge in [-0.05, 0) is 45.4 Å². The number of carbonyl (C=O) groups excluding carboxylic acids is 1. The quantitative estimate of drug-likeness (QED) is 0.624. The summed E-state index contributed by atoms with van der Waals surface area (Å²) in [5.74, 6) is -0.170. The van der Waals surface area contributed by atoms with E-state index in [0.29, 0.717) is 17.1 Å². The number of nitrogens with zero attached hydrogens (tertiary/aromatic N) is 3. The SMILES string of the molecule is CN(C)CCN(C)CC(=O)Nc1ccc(Oc2ccnc3[nH]ccc23)c(F)c1. The lowest BCUT2D eigenvalue weighted by Gasteiger charge is -2.18. The maximum absolute atomic E-state index is 14.5. The molecule has 1 aromatic carbocycles. The molecule has 148 valence electrons. The number of aromatic nitrogens is 2. The average Bonchev–Trinajstić information content (AvgIpc) is 3.12. The number of H-pyrrole nitrogens is 1. The molecular formula is C20H24FN5O2. The van der Waals surface area contributed by atoms with E-state index in [4.69, 9.17) is 4.74 Å². The molecule has 28 heavy (non-hydrogen) atoms. The Morgan fingerprint density at radius 3 is 2.75 bits per heavy atom. The highest BCUT2D eigenvalue weighted by Gasteiger charge is 2.12. The smallest absolute Gasteiger partial charge is 0.238 e. The highest BCUT2D eigenvalue weighted by molar-refractivity contribution is 5.92. The fourth-order valence-corrected chi connectivity index (χ4v) is 2.70. The lowest BCUT2D eigenvalue weighted by atomic mass is 10.2. The van der Waals surface area contributed by atoms with Gasteiger partial charge in [-0.3, -0.25) is 9.69 Å². The van der Waals surface area contributed by atoms with Crippen molar-refractivity contribution in [1.82, 2.24) is 19.8 Å². The van der Waals surface area contributed by atoms with Crippen LogP contribution in [0.4, 0.5) is 10.1 Å². The molecule has 0 saturated heterocycles. The Hall–Kier alpha value is -2.97. The molecule has 3 rings (SSSR count). The van der Waals surface area contributed by atoms with Crippen molar-refractivity contribution in [2.75, 3.05) is 46.1 Å². The van der Waals surface area contributed by atoms with Crippen molar-refractivity contribution in [3.63, 3.8) is 0 Å². The average molecular weight is 385 g/mol. The molecule has 3 aromatic rings. The van der Waals surface area contributed by atoms with Gasteiger partial charge < -0.3 is 19.9 Å². The molecule has 0 spiro atoms. The second-order valence-electron chi connectivity index (χ2n) is 6.89. The minimum atomic E-state index is -0.556. The van der Waals surface area contributed by atoms with Gasteiger partial charge in [0.25, 0.3) is 0 Å². The van der Waals surface area contributed by atoms with Crippen LogP contribution in [0.5, 0.6) is 11.5 Å². The van der Waals surface area contributed by atoms with Gasteiger partial charge in [-0.15, -0.1) is 0 Å². The predicted molar refractivity (Wildman–Crippen MR) is 107 cm³/mol. The molecule has 0 fully saturated rings. The van der Waals surface area contributed by atoms with Crippen LogP contribution >= 0.6 is 0 Å². The molecule has 7 nitrogen and oxygen atoms in total. The highest BCUT2D eigenvalue weighted by atomic mass is 19.1. The number of halogens is 1. The van der Waals surface area contributed by atoms with E-state index in [1.165, 1.54) is 12.1 Å². The third-order valence-corrected chi connectivity index (χ3v) is 4.20. The van der Waals surface area contributed by atoms with E-state index in [-0.39, 0.29) is 18.2 Å². The number of carbonyl (C=O) groups is 1. The summed E-state index contributed by atoms with van der Waals surface area (Å²) in [5, 5.41) is 3.48. The second-order valence-corrected chi connectivity index (χ2v) is 6.89. The molecule has 1 amide bonds. The minimum Gasteiger partial charge on any atom is -0.453 e. The number of amides is 1. The van der Waals surface area contributed by atoms with Gasteiger partial charge in [-0.25, -0.2) is 9.37 Å². The van der Waals surface area contributed by atoms with Crippen molar-refractivity contribution in [3.8, 4) is 11.5 Å². The highest BCUT2D eigenvalue weighted by Crippen LogP contribution is 2.30. The maximum Gasteiger partial charge on any atom is 0.238 e. The van der Waals surface area contributed by atoms with Crippen LogP contribution in [0.25, 0.3) is 11.0 Å². The number of hydrogen-bond acceptors (Lipinski definition) is 5. The van der Waals surface area contributed by atoms with Gasteiger partial charge in [0.15, 0.2) is 11.6 Å². The second kappa shape index (κ2) is 8.81. The van der Waals surface area contributed by atoms with Crippen LogP contribution in [-0.4, -0.2) is 66.5 Å². The first-order chi connectivity index (χ1) is 13.4. The van der Waals surface area contributed by atoms with Gasteiger partial charge in [-0.1, -0.05) is 0 Å². The molecule has 0 saturated carbocycles.